The Bertz CT molecular complexity index is 1380. The quantitative estimate of drug-likeness (QED) is 0.163. The summed E-state index contributed by atoms with van der Waals surface area (Å²) in [6, 6.07) is 19.7. The van der Waals surface area contributed by atoms with Crippen molar-refractivity contribution in [2.24, 2.45) is 5.10 Å². The molecule has 0 aliphatic rings. The summed E-state index contributed by atoms with van der Waals surface area (Å²) in [5.74, 6) is -0.287. The van der Waals surface area contributed by atoms with Crippen molar-refractivity contribution in [3.63, 3.8) is 0 Å². The number of hydrogen-bond donors (Lipinski definition) is 1. The molecular formula is C25H19ClN2O4S. The molecule has 0 fully saturated rings. The van der Waals surface area contributed by atoms with Crippen molar-refractivity contribution in [3.05, 3.63) is 93.3 Å². The highest BCUT2D eigenvalue weighted by Crippen LogP contribution is 2.37. The number of halogens is 1. The lowest BCUT2D eigenvalue weighted by Gasteiger charge is -2.09. The zero-order valence-corrected chi connectivity index (χ0v) is 19.4. The maximum Gasteiger partial charge on any atom is 0.355 e. The molecule has 1 aromatic heterocycles. The van der Waals surface area contributed by atoms with E-state index < -0.39 is 5.97 Å². The molecule has 4 rings (SSSR count). The van der Waals surface area contributed by atoms with Gasteiger partial charge in [-0.3, -0.25) is 4.79 Å². The predicted octanol–water partition coefficient (Wildman–Crippen LogP) is 5.85. The Morgan fingerprint density at radius 1 is 1.03 bits per heavy atom. The molecule has 33 heavy (non-hydrogen) atoms. The number of benzene rings is 3. The summed E-state index contributed by atoms with van der Waals surface area (Å²) in [6.07, 6.45) is 1.48. The first-order valence-electron chi connectivity index (χ1n) is 9.93. The van der Waals surface area contributed by atoms with Crippen molar-refractivity contribution in [2.45, 2.75) is 6.92 Å². The second kappa shape index (κ2) is 9.85. The van der Waals surface area contributed by atoms with Crippen molar-refractivity contribution in [1.29, 1.82) is 0 Å². The number of fused-ring (bicyclic) bond motifs is 1. The molecule has 166 valence electrons. The van der Waals surface area contributed by atoms with Crippen LogP contribution in [-0.2, 0) is 0 Å². The largest absolute Gasteiger partial charge is 0.493 e. The molecule has 0 spiro atoms. The molecule has 4 aromatic rings. The van der Waals surface area contributed by atoms with Gasteiger partial charge in [0.1, 0.15) is 4.88 Å². The van der Waals surface area contributed by atoms with Gasteiger partial charge in [0.15, 0.2) is 11.5 Å². The van der Waals surface area contributed by atoms with E-state index in [0.717, 1.165) is 15.6 Å². The second-order valence-corrected chi connectivity index (χ2v) is 8.54. The zero-order chi connectivity index (χ0) is 23.4. The smallest absolute Gasteiger partial charge is 0.355 e. The zero-order valence-electron chi connectivity index (χ0n) is 17.8. The first-order valence-corrected chi connectivity index (χ1v) is 11.1. The van der Waals surface area contributed by atoms with Crippen molar-refractivity contribution in [1.82, 2.24) is 5.43 Å². The summed E-state index contributed by atoms with van der Waals surface area (Å²) in [6.45, 7) is 1.91. The molecule has 0 bridgehead atoms. The Kier molecular flexibility index (Phi) is 6.72. The van der Waals surface area contributed by atoms with Gasteiger partial charge >= 0.3 is 5.97 Å². The van der Waals surface area contributed by atoms with E-state index in [4.69, 9.17) is 21.1 Å². The van der Waals surface area contributed by atoms with Crippen LogP contribution >= 0.6 is 22.9 Å². The molecule has 0 saturated carbocycles. The third-order valence-electron chi connectivity index (χ3n) is 4.77. The van der Waals surface area contributed by atoms with Gasteiger partial charge in [-0.2, -0.15) is 5.10 Å². The fourth-order valence-corrected chi connectivity index (χ4v) is 4.54. The minimum Gasteiger partial charge on any atom is -0.493 e. The number of nitrogens with one attached hydrogen (secondary N) is 1. The number of carbonyl (C=O) groups is 2. The Balaban J connectivity index is 1.47. The molecular weight excluding hydrogens is 460 g/mol. The number of esters is 1. The number of rotatable bonds is 6. The maximum absolute atomic E-state index is 12.7. The number of thiophene rings is 1. The summed E-state index contributed by atoms with van der Waals surface area (Å²) in [4.78, 5) is 25.3. The molecule has 1 N–H and O–H groups in total. The highest BCUT2D eigenvalue weighted by Gasteiger charge is 2.20. The monoisotopic (exact) mass is 478 g/mol. The van der Waals surface area contributed by atoms with Crippen LogP contribution in [0.1, 0.15) is 31.2 Å². The standard InChI is InChI=1S/C25H19ClN2O4S/c1-15-6-5-7-17(12-15)24(29)28-27-14-16-10-11-19(20(13-16)31-2)32-25(30)23-22(26)18-8-3-4-9-21(18)33-23/h3-14H,1-2H3,(H,28,29)/b27-14-. The van der Waals surface area contributed by atoms with Crippen LogP contribution in [0.4, 0.5) is 0 Å². The summed E-state index contributed by atoms with van der Waals surface area (Å²) in [7, 11) is 1.47. The fourth-order valence-electron chi connectivity index (χ4n) is 3.16. The Morgan fingerprint density at radius 3 is 2.61 bits per heavy atom. The first kappa shape index (κ1) is 22.5. The average molecular weight is 479 g/mol. The molecule has 0 saturated heterocycles. The normalized spacial score (nSPS) is 11.0. The van der Waals surface area contributed by atoms with Crippen molar-refractivity contribution in [3.8, 4) is 11.5 Å². The van der Waals surface area contributed by atoms with Crippen LogP contribution in [0.15, 0.2) is 71.8 Å². The van der Waals surface area contributed by atoms with Gasteiger partial charge in [-0.25, -0.2) is 10.2 Å². The number of ether oxygens (including phenoxy) is 2. The van der Waals surface area contributed by atoms with Gasteiger partial charge in [-0.05, 0) is 48.9 Å². The van der Waals surface area contributed by atoms with E-state index in [2.05, 4.69) is 10.5 Å². The van der Waals surface area contributed by atoms with Gasteiger partial charge in [0, 0.05) is 15.6 Å². The van der Waals surface area contributed by atoms with E-state index in [1.807, 2.05) is 43.3 Å². The van der Waals surface area contributed by atoms with Gasteiger partial charge in [0.25, 0.3) is 5.91 Å². The molecule has 0 aliphatic carbocycles. The summed E-state index contributed by atoms with van der Waals surface area (Å²) in [5, 5.41) is 5.17. The summed E-state index contributed by atoms with van der Waals surface area (Å²) >= 11 is 7.65. The van der Waals surface area contributed by atoms with E-state index in [9.17, 15) is 9.59 Å². The second-order valence-electron chi connectivity index (χ2n) is 7.11. The van der Waals surface area contributed by atoms with E-state index >= 15 is 0 Å². The number of aryl methyl sites for hydroxylation is 1. The molecule has 0 aliphatic heterocycles. The minimum atomic E-state index is -0.564. The molecule has 1 heterocycles. The number of carbonyl (C=O) groups excluding carboxylic acids is 2. The molecule has 6 nitrogen and oxygen atoms in total. The highest BCUT2D eigenvalue weighted by molar-refractivity contribution is 7.21. The topological polar surface area (TPSA) is 77.0 Å². The predicted molar refractivity (Wildman–Crippen MR) is 131 cm³/mol. The fraction of sp³-hybridized carbons (Fsp3) is 0.0800. The summed E-state index contributed by atoms with van der Waals surface area (Å²) < 4.78 is 11.8. The van der Waals surface area contributed by atoms with Gasteiger partial charge in [0.2, 0.25) is 0 Å². The Hall–Kier alpha value is -3.68. The van der Waals surface area contributed by atoms with E-state index in [0.29, 0.717) is 26.8 Å². The van der Waals surface area contributed by atoms with E-state index in [1.165, 1.54) is 24.7 Å². The SMILES string of the molecule is COc1cc(/C=N\NC(=O)c2cccc(C)c2)ccc1OC(=O)c1sc2ccccc2c1Cl. The molecule has 0 atom stereocenters. The van der Waals surface area contributed by atoms with Crippen LogP contribution in [0, 0.1) is 6.92 Å². The molecule has 1 amide bonds. The third-order valence-corrected chi connectivity index (χ3v) is 6.43. The van der Waals surface area contributed by atoms with Gasteiger partial charge in [-0.1, -0.05) is 47.5 Å². The van der Waals surface area contributed by atoms with E-state index in [-0.39, 0.29) is 11.7 Å². The van der Waals surface area contributed by atoms with Crippen LogP contribution in [0.25, 0.3) is 10.1 Å². The van der Waals surface area contributed by atoms with Crippen molar-refractivity contribution >= 4 is 51.1 Å². The van der Waals surface area contributed by atoms with E-state index in [1.54, 1.807) is 30.3 Å². The number of nitrogens with zero attached hydrogens (tertiary/aromatic N) is 1. The Labute approximate surface area is 199 Å². The molecule has 8 heteroatoms. The first-order chi connectivity index (χ1) is 16.0. The minimum absolute atomic E-state index is 0.247. The van der Waals surface area contributed by atoms with Crippen LogP contribution < -0.4 is 14.9 Å². The third kappa shape index (κ3) is 5.05. The van der Waals surface area contributed by atoms with Crippen LogP contribution in [0.5, 0.6) is 11.5 Å². The summed E-state index contributed by atoms with van der Waals surface area (Å²) in [5.41, 5.74) is 4.64. The maximum atomic E-state index is 12.7. The Morgan fingerprint density at radius 2 is 1.85 bits per heavy atom. The lowest BCUT2D eigenvalue weighted by Crippen LogP contribution is -2.17. The molecule has 0 unspecified atom stereocenters. The van der Waals surface area contributed by atoms with Crippen LogP contribution in [-0.4, -0.2) is 25.2 Å². The number of hydrazone groups is 1. The number of hydrogen-bond acceptors (Lipinski definition) is 6. The van der Waals surface area contributed by atoms with Crippen molar-refractivity contribution < 1.29 is 19.1 Å². The van der Waals surface area contributed by atoms with Crippen molar-refractivity contribution in [2.75, 3.05) is 7.11 Å². The lowest BCUT2D eigenvalue weighted by atomic mass is 10.1. The number of methoxy groups -OCH3 is 1. The average Bonchev–Trinajstić information content (AvgIpc) is 3.16. The number of amides is 1. The van der Waals surface area contributed by atoms with Crippen LogP contribution in [0.2, 0.25) is 5.02 Å². The van der Waals surface area contributed by atoms with Gasteiger partial charge in [0.05, 0.1) is 18.3 Å². The van der Waals surface area contributed by atoms with Gasteiger partial charge in [-0.15, -0.1) is 11.3 Å². The van der Waals surface area contributed by atoms with Gasteiger partial charge < -0.3 is 9.47 Å². The molecule has 3 aromatic carbocycles. The molecule has 0 radical (unpaired) electrons. The van der Waals surface area contributed by atoms with Crippen LogP contribution in [0.3, 0.4) is 0 Å². The lowest BCUT2D eigenvalue weighted by molar-refractivity contribution is 0.0734. The highest BCUT2D eigenvalue weighted by atomic mass is 35.5.